The number of methoxy groups -OCH3 is 1. The van der Waals surface area contributed by atoms with Gasteiger partial charge in [-0.1, -0.05) is 0 Å². The minimum absolute atomic E-state index is 0.695. The van der Waals surface area contributed by atoms with E-state index in [1.54, 1.807) is 13.4 Å². The van der Waals surface area contributed by atoms with Crippen molar-refractivity contribution in [3.05, 3.63) is 40.4 Å². The van der Waals surface area contributed by atoms with E-state index in [1.165, 1.54) is 0 Å². The highest BCUT2D eigenvalue weighted by Crippen LogP contribution is 2.27. The second-order valence-electron chi connectivity index (χ2n) is 3.68. The summed E-state index contributed by atoms with van der Waals surface area (Å²) in [4.78, 5) is 7.29. The summed E-state index contributed by atoms with van der Waals surface area (Å²) < 4.78 is 6.18. The number of rotatable bonds is 4. The van der Waals surface area contributed by atoms with Crippen LogP contribution in [-0.4, -0.2) is 17.1 Å². The quantitative estimate of drug-likeness (QED) is 0.911. The highest BCUT2D eigenvalue weighted by Gasteiger charge is 2.03. The number of nitrogens with one attached hydrogen (secondary N) is 2. The predicted molar refractivity (Wildman–Crippen MR) is 71.3 cm³/mol. The largest absolute Gasteiger partial charge is 0.495 e. The van der Waals surface area contributed by atoms with Gasteiger partial charge in [-0.05, 0) is 35.0 Å². The molecule has 17 heavy (non-hydrogen) atoms. The number of aromatic amines is 1. The van der Waals surface area contributed by atoms with Crippen LogP contribution < -0.4 is 10.1 Å². The third-order valence-corrected chi connectivity index (χ3v) is 3.20. The fraction of sp³-hybridized carbons (Fsp3) is 0.250. The molecule has 1 aromatic carbocycles. The van der Waals surface area contributed by atoms with Crippen molar-refractivity contribution in [2.24, 2.45) is 0 Å². The number of hydrogen-bond acceptors (Lipinski definition) is 3. The van der Waals surface area contributed by atoms with Crippen LogP contribution >= 0.6 is 15.9 Å². The maximum atomic E-state index is 5.24. The van der Waals surface area contributed by atoms with Crippen LogP contribution in [0.5, 0.6) is 5.75 Å². The number of ether oxygens (including phenoxy) is 1. The fourth-order valence-corrected chi connectivity index (χ4v) is 1.93. The first-order valence-corrected chi connectivity index (χ1v) is 6.06. The van der Waals surface area contributed by atoms with E-state index in [9.17, 15) is 0 Å². The molecule has 0 saturated carbocycles. The third-order valence-electron chi connectivity index (χ3n) is 2.55. The van der Waals surface area contributed by atoms with Gasteiger partial charge in [-0.3, -0.25) is 0 Å². The van der Waals surface area contributed by atoms with Gasteiger partial charge in [0, 0.05) is 17.4 Å². The molecule has 4 nitrogen and oxygen atoms in total. The van der Waals surface area contributed by atoms with Gasteiger partial charge in [0.2, 0.25) is 0 Å². The Hall–Kier alpha value is -1.49. The van der Waals surface area contributed by atoms with Gasteiger partial charge in [0.15, 0.2) is 0 Å². The van der Waals surface area contributed by atoms with Crippen LogP contribution in [0, 0.1) is 6.92 Å². The average Bonchev–Trinajstić information content (AvgIpc) is 2.74. The summed E-state index contributed by atoms with van der Waals surface area (Å²) in [7, 11) is 1.65. The summed E-state index contributed by atoms with van der Waals surface area (Å²) in [6.45, 7) is 2.70. The lowest BCUT2D eigenvalue weighted by molar-refractivity contribution is 0.412. The van der Waals surface area contributed by atoms with Crippen molar-refractivity contribution in [1.29, 1.82) is 0 Å². The summed E-state index contributed by atoms with van der Waals surface area (Å²) in [5.74, 6) is 0.814. The Morgan fingerprint density at radius 3 is 2.94 bits per heavy atom. The molecular formula is C12H14BrN3O. The number of aryl methyl sites for hydroxylation is 1. The van der Waals surface area contributed by atoms with Crippen molar-refractivity contribution in [3.8, 4) is 5.75 Å². The van der Waals surface area contributed by atoms with Gasteiger partial charge in [-0.15, -0.1) is 0 Å². The lowest BCUT2D eigenvalue weighted by atomic mass is 10.3. The lowest BCUT2D eigenvalue weighted by Gasteiger charge is -2.08. The molecule has 0 saturated heterocycles. The summed E-state index contributed by atoms with van der Waals surface area (Å²) in [6.07, 6.45) is 1.70. The number of imidazole rings is 1. The van der Waals surface area contributed by atoms with Gasteiger partial charge < -0.3 is 15.0 Å². The first-order valence-electron chi connectivity index (χ1n) is 5.27. The van der Waals surface area contributed by atoms with Crippen LogP contribution in [0.4, 0.5) is 5.69 Å². The van der Waals surface area contributed by atoms with Gasteiger partial charge in [-0.25, -0.2) is 4.98 Å². The molecule has 1 heterocycles. The highest BCUT2D eigenvalue weighted by atomic mass is 79.9. The minimum atomic E-state index is 0.695. The van der Waals surface area contributed by atoms with E-state index in [4.69, 9.17) is 4.74 Å². The molecule has 0 atom stereocenters. The topological polar surface area (TPSA) is 49.9 Å². The van der Waals surface area contributed by atoms with Gasteiger partial charge in [0.25, 0.3) is 0 Å². The molecule has 0 unspecified atom stereocenters. The second-order valence-corrected chi connectivity index (χ2v) is 4.53. The number of benzene rings is 1. The Balaban J connectivity index is 2.07. The Morgan fingerprint density at radius 2 is 2.29 bits per heavy atom. The summed E-state index contributed by atoms with van der Waals surface area (Å²) in [5.41, 5.74) is 3.11. The number of nitrogens with zero attached hydrogens (tertiary/aromatic N) is 1. The first-order chi connectivity index (χ1) is 8.20. The third kappa shape index (κ3) is 2.79. The van der Waals surface area contributed by atoms with Crippen LogP contribution in [-0.2, 0) is 6.54 Å². The van der Waals surface area contributed by atoms with E-state index in [0.717, 1.165) is 27.3 Å². The van der Waals surface area contributed by atoms with Crippen molar-refractivity contribution in [1.82, 2.24) is 9.97 Å². The van der Waals surface area contributed by atoms with E-state index < -0.39 is 0 Å². The maximum Gasteiger partial charge on any atom is 0.135 e. The molecule has 0 aliphatic heterocycles. The smallest absolute Gasteiger partial charge is 0.135 e. The second kappa shape index (κ2) is 5.23. The van der Waals surface area contributed by atoms with Crippen molar-refractivity contribution in [2.45, 2.75) is 13.5 Å². The number of halogens is 1. The molecular weight excluding hydrogens is 282 g/mol. The molecule has 0 aliphatic rings. The van der Waals surface area contributed by atoms with Crippen LogP contribution in [0.2, 0.25) is 0 Å². The van der Waals surface area contributed by atoms with E-state index in [0.29, 0.717) is 6.54 Å². The average molecular weight is 296 g/mol. The molecule has 0 amide bonds. The SMILES string of the molecule is COc1cc(NCc2nc[nH]c2C)ccc1Br. The van der Waals surface area contributed by atoms with E-state index in [2.05, 4.69) is 31.2 Å². The minimum Gasteiger partial charge on any atom is -0.495 e. The normalized spacial score (nSPS) is 10.3. The zero-order valence-electron chi connectivity index (χ0n) is 9.75. The van der Waals surface area contributed by atoms with Crippen molar-refractivity contribution in [3.63, 3.8) is 0 Å². The summed E-state index contributed by atoms with van der Waals surface area (Å²) >= 11 is 3.42. The predicted octanol–water partition coefficient (Wildman–Crippen LogP) is 3.10. The fourth-order valence-electron chi connectivity index (χ4n) is 1.52. The van der Waals surface area contributed by atoms with Crippen molar-refractivity contribution in [2.75, 3.05) is 12.4 Å². The van der Waals surface area contributed by atoms with Crippen LogP contribution in [0.1, 0.15) is 11.4 Å². The molecule has 0 fully saturated rings. The Morgan fingerprint density at radius 1 is 1.47 bits per heavy atom. The Kier molecular flexibility index (Phi) is 3.68. The highest BCUT2D eigenvalue weighted by molar-refractivity contribution is 9.10. The van der Waals surface area contributed by atoms with Crippen LogP contribution in [0.15, 0.2) is 29.0 Å². The van der Waals surface area contributed by atoms with Crippen LogP contribution in [0.3, 0.4) is 0 Å². The van der Waals surface area contributed by atoms with Crippen molar-refractivity contribution >= 4 is 21.6 Å². The Labute approximate surface area is 109 Å². The zero-order chi connectivity index (χ0) is 12.3. The van der Waals surface area contributed by atoms with E-state index in [-0.39, 0.29) is 0 Å². The van der Waals surface area contributed by atoms with E-state index >= 15 is 0 Å². The monoisotopic (exact) mass is 295 g/mol. The van der Waals surface area contributed by atoms with Crippen LogP contribution in [0.25, 0.3) is 0 Å². The van der Waals surface area contributed by atoms with Crippen molar-refractivity contribution < 1.29 is 4.74 Å². The summed E-state index contributed by atoms with van der Waals surface area (Å²) in [5, 5.41) is 3.31. The summed E-state index contributed by atoms with van der Waals surface area (Å²) in [6, 6.07) is 5.90. The molecule has 2 aromatic rings. The number of H-pyrrole nitrogens is 1. The van der Waals surface area contributed by atoms with Gasteiger partial charge >= 0.3 is 0 Å². The number of anilines is 1. The van der Waals surface area contributed by atoms with Gasteiger partial charge in [0.1, 0.15) is 5.75 Å². The molecule has 1 aromatic heterocycles. The molecule has 2 N–H and O–H groups in total. The lowest BCUT2D eigenvalue weighted by Crippen LogP contribution is -2.01. The molecule has 0 spiro atoms. The molecule has 0 aliphatic carbocycles. The number of hydrogen-bond donors (Lipinski definition) is 2. The van der Waals surface area contributed by atoms with Gasteiger partial charge in [0.05, 0.1) is 30.1 Å². The Bertz CT molecular complexity index is 510. The standard InChI is InChI=1S/C12H14BrN3O/c1-8-11(16-7-15-8)6-14-9-3-4-10(13)12(5-9)17-2/h3-5,7,14H,6H2,1-2H3,(H,15,16). The van der Waals surface area contributed by atoms with Gasteiger partial charge in [-0.2, -0.15) is 0 Å². The molecule has 90 valence electrons. The molecule has 0 radical (unpaired) electrons. The van der Waals surface area contributed by atoms with E-state index in [1.807, 2.05) is 25.1 Å². The first kappa shape index (κ1) is 12.0. The zero-order valence-corrected chi connectivity index (χ0v) is 11.3. The molecule has 5 heteroatoms. The molecule has 0 bridgehead atoms. The number of aromatic nitrogens is 2. The maximum absolute atomic E-state index is 5.24. The molecule has 2 rings (SSSR count).